The number of benzene rings is 2. The summed E-state index contributed by atoms with van der Waals surface area (Å²) in [7, 11) is 0. The van der Waals surface area contributed by atoms with Gasteiger partial charge in [0.2, 0.25) is 5.91 Å². The van der Waals surface area contributed by atoms with Crippen LogP contribution in [0.25, 0.3) is 0 Å². The summed E-state index contributed by atoms with van der Waals surface area (Å²) in [5, 5.41) is 0. The lowest BCUT2D eigenvalue weighted by Crippen LogP contribution is -2.34. The highest BCUT2D eigenvalue weighted by molar-refractivity contribution is 7.97. The van der Waals surface area contributed by atoms with E-state index in [-0.39, 0.29) is 23.7 Å². The van der Waals surface area contributed by atoms with Gasteiger partial charge in [-0.2, -0.15) is 0 Å². The maximum absolute atomic E-state index is 14.3. The van der Waals surface area contributed by atoms with E-state index in [2.05, 4.69) is 60.5 Å². The van der Waals surface area contributed by atoms with E-state index in [9.17, 15) is 9.18 Å². The number of rotatable bonds is 12. The smallest absolute Gasteiger partial charge is 0.227 e. The molecule has 2 aromatic carbocycles. The summed E-state index contributed by atoms with van der Waals surface area (Å²) in [4.78, 5) is 21.8. The average molecular weight is 624 g/mol. The van der Waals surface area contributed by atoms with Gasteiger partial charge in [-0.3, -0.25) is 14.5 Å². The first-order valence-corrected chi connectivity index (χ1v) is 16.7. The number of fused-ring (bicyclic) bond motifs is 1. The second kappa shape index (κ2) is 16.6. The molecule has 0 spiro atoms. The monoisotopic (exact) mass is 623 g/mol. The Bertz CT molecular complexity index is 1590. The molecule has 0 aromatic heterocycles. The van der Waals surface area contributed by atoms with Gasteiger partial charge < -0.3 is 4.90 Å². The van der Waals surface area contributed by atoms with Gasteiger partial charge in [0.05, 0.1) is 6.54 Å². The second-order valence-corrected chi connectivity index (χ2v) is 13.1. The van der Waals surface area contributed by atoms with Crippen molar-refractivity contribution in [2.24, 2.45) is 4.99 Å². The number of hydrogen-bond donors (Lipinski definition) is 1. The molecule has 0 heterocycles. The first-order valence-electron chi connectivity index (χ1n) is 15.9. The van der Waals surface area contributed by atoms with Crippen LogP contribution in [0.5, 0.6) is 0 Å². The Morgan fingerprint density at radius 2 is 1.98 bits per heavy atom. The number of amides is 1. The fraction of sp³-hybridized carbons (Fsp3) is 0.359. The number of carbonyl (C=O) groups is 1. The summed E-state index contributed by atoms with van der Waals surface area (Å²) in [6, 6.07) is 15.5. The van der Waals surface area contributed by atoms with Crippen molar-refractivity contribution in [1.29, 1.82) is 0 Å². The molecule has 2 atom stereocenters. The quantitative estimate of drug-likeness (QED) is 0.111. The molecule has 0 aliphatic heterocycles. The molecule has 45 heavy (non-hydrogen) atoms. The number of carbonyl (C=O) groups excluding carboxylic acids is 1. The average Bonchev–Trinajstić information content (AvgIpc) is 3.26. The summed E-state index contributed by atoms with van der Waals surface area (Å²) in [6.07, 6.45) is 14.4. The summed E-state index contributed by atoms with van der Waals surface area (Å²) < 4.78 is 17.5. The Morgan fingerprint density at radius 1 is 1.20 bits per heavy atom. The van der Waals surface area contributed by atoms with Gasteiger partial charge in [-0.15, -0.1) is 5.73 Å². The van der Waals surface area contributed by atoms with Crippen LogP contribution in [0.15, 0.2) is 123 Å². The molecule has 1 amide bonds. The van der Waals surface area contributed by atoms with Gasteiger partial charge >= 0.3 is 0 Å². The van der Waals surface area contributed by atoms with E-state index in [1.165, 1.54) is 23.6 Å². The van der Waals surface area contributed by atoms with Crippen LogP contribution >= 0.6 is 11.9 Å². The van der Waals surface area contributed by atoms with Gasteiger partial charge in [0.1, 0.15) is 5.82 Å². The zero-order valence-corrected chi connectivity index (χ0v) is 28.3. The lowest BCUT2D eigenvalue weighted by atomic mass is 9.86. The fourth-order valence-corrected chi connectivity index (χ4v) is 6.31. The van der Waals surface area contributed by atoms with Crippen LogP contribution in [-0.2, 0) is 4.79 Å². The Kier molecular flexibility index (Phi) is 12.6. The van der Waals surface area contributed by atoms with Crippen LogP contribution in [-0.4, -0.2) is 29.1 Å². The molecule has 0 saturated heterocycles. The third-order valence-electron chi connectivity index (χ3n) is 8.19. The number of aliphatic imine (C=N–C) groups is 1. The van der Waals surface area contributed by atoms with E-state index in [1.54, 1.807) is 13.0 Å². The molecule has 236 valence electrons. The second-order valence-electron chi connectivity index (χ2n) is 12.2. The highest BCUT2D eigenvalue weighted by Crippen LogP contribution is 2.34. The van der Waals surface area contributed by atoms with Crippen molar-refractivity contribution in [2.75, 3.05) is 6.54 Å². The van der Waals surface area contributed by atoms with Gasteiger partial charge in [-0.1, -0.05) is 55.8 Å². The Hall–Kier alpha value is -3.70. The predicted octanol–water partition coefficient (Wildman–Crippen LogP) is 9.93. The van der Waals surface area contributed by atoms with E-state index < -0.39 is 0 Å². The zero-order valence-electron chi connectivity index (χ0n) is 27.5. The number of aryl methyl sites for hydroxylation is 1. The fourth-order valence-electron chi connectivity index (χ4n) is 5.41. The maximum Gasteiger partial charge on any atom is 0.227 e. The van der Waals surface area contributed by atoms with Crippen LogP contribution < -0.4 is 4.72 Å². The van der Waals surface area contributed by atoms with Crippen molar-refractivity contribution in [1.82, 2.24) is 9.62 Å². The maximum atomic E-state index is 14.3. The minimum absolute atomic E-state index is 0.0634. The minimum atomic E-state index is -0.197. The Morgan fingerprint density at radius 3 is 2.69 bits per heavy atom. The van der Waals surface area contributed by atoms with Crippen molar-refractivity contribution < 1.29 is 9.18 Å². The van der Waals surface area contributed by atoms with Gasteiger partial charge in [-0.05, 0) is 136 Å². The highest BCUT2D eigenvalue weighted by Gasteiger charge is 2.27. The molecular weight excluding hydrogens is 578 g/mol. The molecule has 1 saturated carbocycles. The lowest BCUT2D eigenvalue weighted by Gasteiger charge is -2.30. The predicted molar refractivity (Wildman–Crippen MR) is 188 cm³/mol. The summed E-state index contributed by atoms with van der Waals surface area (Å²) >= 11 is 1.52. The molecule has 0 radical (unpaired) electrons. The lowest BCUT2D eigenvalue weighted by molar-refractivity contribution is -0.129. The molecule has 1 fully saturated rings. The van der Waals surface area contributed by atoms with Crippen molar-refractivity contribution >= 4 is 23.6 Å². The van der Waals surface area contributed by atoms with Gasteiger partial charge in [0.15, 0.2) is 0 Å². The third-order valence-corrected chi connectivity index (χ3v) is 9.08. The summed E-state index contributed by atoms with van der Waals surface area (Å²) in [5.41, 5.74) is 11.6. The highest BCUT2D eigenvalue weighted by atomic mass is 32.2. The molecule has 1 N–H and O–H groups in total. The third kappa shape index (κ3) is 9.89. The molecule has 2 aromatic rings. The van der Waals surface area contributed by atoms with Crippen LogP contribution in [0.2, 0.25) is 0 Å². The first kappa shape index (κ1) is 34.2. The van der Waals surface area contributed by atoms with Crippen molar-refractivity contribution in [3.05, 3.63) is 130 Å². The molecule has 2 aliphatic carbocycles. The SMILES string of the molecule is CCC(C)=C/C(=C\N=C(C)C)CN(C(=O)C[C@H](C)c1ccccc1)C1=CC=C=C2CCCC(NSc3ccc(F)c(C)c3)C2=C1. The Balaban J connectivity index is 1.68. The minimum Gasteiger partial charge on any atom is -0.308 e. The van der Waals surface area contributed by atoms with Crippen LogP contribution in [0.1, 0.15) is 83.8 Å². The number of hydrogen-bond acceptors (Lipinski definition) is 4. The molecule has 1 unspecified atom stereocenters. The molecule has 6 heteroatoms. The van der Waals surface area contributed by atoms with Gasteiger partial charge in [0, 0.05) is 35.0 Å². The van der Waals surface area contributed by atoms with Crippen LogP contribution in [0, 0.1) is 12.7 Å². The van der Waals surface area contributed by atoms with Crippen molar-refractivity contribution in [3.63, 3.8) is 0 Å². The summed E-state index contributed by atoms with van der Waals surface area (Å²) in [6.45, 7) is 12.5. The molecule has 4 rings (SSSR count). The van der Waals surface area contributed by atoms with E-state index in [0.29, 0.717) is 18.5 Å². The number of nitrogens with one attached hydrogen (secondary N) is 1. The molecule has 2 aliphatic rings. The van der Waals surface area contributed by atoms with E-state index in [1.807, 2.05) is 61.4 Å². The summed E-state index contributed by atoms with van der Waals surface area (Å²) in [5.74, 6) is -0.0639. The van der Waals surface area contributed by atoms with Gasteiger partial charge in [-0.25, -0.2) is 4.39 Å². The van der Waals surface area contributed by atoms with E-state index in [0.717, 1.165) is 64.3 Å². The van der Waals surface area contributed by atoms with Gasteiger partial charge in [0.25, 0.3) is 0 Å². The molecule has 4 nitrogen and oxygen atoms in total. The van der Waals surface area contributed by atoms with Crippen LogP contribution in [0.4, 0.5) is 4.39 Å². The largest absolute Gasteiger partial charge is 0.308 e. The molecule has 0 bridgehead atoms. The van der Waals surface area contributed by atoms with E-state index >= 15 is 0 Å². The van der Waals surface area contributed by atoms with Crippen molar-refractivity contribution in [3.8, 4) is 0 Å². The topological polar surface area (TPSA) is 44.7 Å². The number of nitrogens with zero attached hydrogens (tertiary/aromatic N) is 2. The van der Waals surface area contributed by atoms with Crippen molar-refractivity contribution in [2.45, 2.75) is 90.5 Å². The number of allylic oxidation sites excluding steroid dienone is 3. The normalized spacial score (nSPS) is 17.4. The molecular formula is C39H46FN3OS. The number of halogens is 1. The van der Waals surface area contributed by atoms with Crippen LogP contribution in [0.3, 0.4) is 0 Å². The standard InChI is InChI=1S/C39H46FN3OS/c1-7-28(4)21-31(25-41-27(2)3)26-43(39(44)23-29(5)32-13-9-8-10-14-32)34-17-11-15-33-16-12-18-38(36(33)24-34)42-45-35-19-20-37(40)30(6)22-35/h8-11,13-14,17,19-22,24-25,29,38,42H,7,12,16,18,23,26H2,1-6H3/b28-21?,31-25+/t29-,38?/m0/s1. The zero-order chi connectivity index (χ0) is 32.3. The Labute approximate surface area is 273 Å². The first-order chi connectivity index (χ1) is 21.6. The van der Waals surface area contributed by atoms with E-state index in [4.69, 9.17) is 0 Å².